The van der Waals surface area contributed by atoms with Crippen molar-refractivity contribution in [3.05, 3.63) is 65.8 Å². The van der Waals surface area contributed by atoms with Gasteiger partial charge in [-0.25, -0.2) is 4.79 Å². The first-order valence-corrected chi connectivity index (χ1v) is 20.8. The number of cyclic esters (lactones) is 1. The average molecular weight is 815 g/mol. The van der Waals surface area contributed by atoms with Crippen LogP contribution in [0.4, 0.5) is 4.79 Å². The van der Waals surface area contributed by atoms with Crippen molar-refractivity contribution in [2.45, 2.75) is 135 Å². The number of hydrogen-bond acceptors (Lipinski definition) is 12. The molecule has 1 aromatic rings. The summed E-state index contributed by atoms with van der Waals surface area (Å²) in [4.78, 5) is 28.7. The molecule has 1 amide bonds. The number of nitrogens with zero attached hydrogens (tertiary/aromatic N) is 1. The third-order valence-electron chi connectivity index (χ3n) is 12.3. The Morgan fingerprint density at radius 1 is 1.05 bits per heavy atom. The molecule has 1 aromatic carbocycles. The molecule has 2 unspecified atom stereocenters. The van der Waals surface area contributed by atoms with E-state index in [2.05, 4.69) is 11.9 Å². The monoisotopic (exact) mass is 814 g/mol. The Kier molecular flexibility index (Phi) is 17.1. The standard InChI is InChI=1S/C45H70N2O11/c1-12-36-45(9,52)40-30(5)34(20-22-53-43(51)46-21-16-19-33-17-14-13-15-18-33)28(3)24-44(8,55-26-27(2)25-54-40)39(31(6)37(48)32(7)41(50)57-36)58-42-38(49)35(47(10)11)23-29(4)56-42/h13-20,28-32,35-40,42,48-49,52H,2,12,21-26H2,1,3-11H3,(H,46,51)/b19-16+,34-20+/t28-,29-,30+,31+,32-,35+,36-,37+,38-,39-,40?,42?,44-,45-/m1/s1. The molecule has 3 heterocycles. The van der Waals surface area contributed by atoms with Gasteiger partial charge >= 0.3 is 12.1 Å². The second kappa shape index (κ2) is 20.9. The molecule has 2 bridgehead atoms. The Balaban J connectivity index is 1.78. The van der Waals surface area contributed by atoms with Crippen LogP contribution in [0.3, 0.4) is 0 Å². The molecular formula is C45H70N2O11. The van der Waals surface area contributed by atoms with E-state index in [9.17, 15) is 24.9 Å². The highest BCUT2D eigenvalue weighted by atomic mass is 16.7. The predicted octanol–water partition coefficient (Wildman–Crippen LogP) is 5.28. The summed E-state index contributed by atoms with van der Waals surface area (Å²) in [7, 11) is 3.79. The van der Waals surface area contributed by atoms with E-state index >= 15 is 0 Å². The van der Waals surface area contributed by atoms with E-state index in [1.807, 2.05) is 102 Å². The fourth-order valence-corrected chi connectivity index (χ4v) is 8.94. The molecule has 0 aliphatic carbocycles. The molecule has 326 valence electrons. The number of aliphatic hydroxyl groups is 3. The number of alkyl carbamates (subject to hydrolysis) is 1. The lowest BCUT2D eigenvalue weighted by Crippen LogP contribution is -2.60. The number of amides is 1. The molecule has 3 aliphatic rings. The molecule has 3 fully saturated rings. The first kappa shape index (κ1) is 47.5. The fourth-order valence-electron chi connectivity index (χ4n) is 8.94. The number of carbonyl (C=O) groups is 2. The highest BCUT2D eigenvalue weighted by Crippen LogP contribution is 2.43. The Morgan fingerprint density at radius 2 is 1.74 bits per heavy atom. The fraction of sp³-hybridized carbons (Fsp3) is 0.689. The number of aliphatic hydroxyl groups excluding tert-OH is 2. The van der Waals surface area contributed by atoms with E-state index in [4.69, 9.17) is 28.4 Å². The van der Waals surface area contributed by atoms with Gasteiger partial charge in [0.1, 0.15) is 24.4 Å². The smallest absolute Gasteiger partial charge is 0.407 e. The zero-order valence-electron chi connectivity index (χ0n) is 36.3. The molecule has 0 spiro atoms. The number of rotatable bonds is 9. The van der Waals surface area contributed by atoms with Crippen molar-refractivity contribution < 1.29 is 53.3 Å². The van der Waals surface area contributed by atoms with E-state index in [-0.39, 0.29) is 50.8 Å². The molecule has 13 nitrogen and oxygen atoms in total. The average Bonchev–Trinajstić information content (AvgIpc) is 3.19. The normalized spacial score (nSPS) is 39.1. The number of benzene rings is 1. The van der Waals surface area contributed by atoms with Crippen LogP contribution in [-0.2, 0) is 33.2 Å². The lowest BCUT2D eigenvalue weighted by molar-refractivity contribution is -0.303. The van der Waals surface area contributed by atoms with E-state index in [1.54, 1.807) is 20.8 Å². The maximum atomic E-state index is 13.9. The maximum Gasteiger partial charge on any atom is 0.407 e. The second-order valence-corrected chi connectivity index (χ2v) is 17.3. The number of fused-ring (bicyclic) bond motifs is 5. The van der Waals surface area contributed by atoms with Gasteiger partial charge in [0.05, 0.1) is 49.1 Å². The van der Waals surface area contributed by atoms with Gasteiger partial charge in [0.2, 0.25) is 0 Å². The summed E-state index contributed by atoms with van der Waals surface area (Å²) in [6, 6.07) is 9.49. The lowest BCUT2D eigenvalue weighted by atomic mass is 9.72. The van der Waals surface area contributed by atoms with Crippen LogP contribution in [0.1, 0.15) is 80.2 Å². The number of carbonyl (C=O) groups excluding carboxylic acids is 2. The zero-order chi connectivity index (χ0) is 42.9. The van der Waals surface area contributed by atoms with Crippen LogP contribution >= 0.6 is 0 Å². The van der Waals surface area contributed by atoms with E-state index in [1.165, 1.54) is 0 Å². The summed E-state index contributed by atoms with van der Waals surface area (Å²) >= 11 is 0. The largest absolute Gasteiger partial charge is 0.459 e. The minimum absolute atomic E-state index is 0.0231. The van der Waals surface area contributed by atoms with E-state index in [0.29, 0.717) is 18.4 Å². The van der Waals surface area contributed by atoms with Gasteiger partial charge in [-0.1, -0.05) is 82.3 Å². The molecular weight excluding hydrogens is 744 g/mol. The second-order valence-electron chi connectivity index (χ2n) is 17.3. The molecule has 0 saturated carbocycles. The van der Waals surface area contributed by atoms with Crippen molar-refractivity contribution in [3.63, 3.8) is 0 Å². The Labute approximate surface area is 345 Å². The van der Waals surface area contributed by atoms with Crippen molar-refractivity contribution in [2.75, 3.05) is 40.5 Å². The first-order chi connectivity index (χ1) is 27.3. The lowest BCUT2D eigenvalue weighted by Gasteiger charge is -2.48. The van der Waals surface area contributed by atoms with Crippen LogP contribution in [0.2, 0.25) is 0 Å². The predicted molar refractivity (Wildman–Crippen MR) is 222 cm³/mol. The third-order valence-corrected chi connectivity index (χ3v) is 12.3. The Morgan fingerprint density at radius 3 is 2.40 bits per heavy atom. The molecule has 3 saturated heterocycles. The zero-order valence-corrected chi connectivity index (χ0v) is 36.3. The number of esters is 1. The summed E-state index contributed by atoms with van der Waals surface area (Å²) < 4.78 is 38.2. The van der Waals surface area contributed by atoms with Gasteiger partial charge in [0.25, 0.3) is 0 Å². The molecule has 0 radical (unpaired) electrons. The van der Waals surface area contributed by atoms with Crippen molar-refractivity contribution in [1.82, 2.24) is 10.2 Å². The van der Waals surface area contributed by atoms with Crippen LogP contribution in [0.25, 0.3) is 6.08 Å². The first-order valence-electron chi connectivity index (χ1n) is 20.8. The highest BCUT2D eigenvalue weighted by molar-refractivity contribution is 5.73. The van der Waals surface area contributed by atoms with Crippen LogP contribution in [0, 0.1) is 23.7 Å². The van der Waals surface area contributed by atoms with Crippen LogP contribution in [-0.4, -0.2) is 133 Å². The SMILES string of the molecule is C=C1COC2[C@@H](C)/C(=C/COC(=O)NC/C=C/c3ccccc3)[C@H](C)C[C@@](C)(OC1)[C@H](OC1O[C@H](C)C[C@H](N(C)C)[C@H]1O)[C@@H](C)[C@H](O)[C@@H](C)C(=O)O[C@H](CC)[C@@]2(C)O. The minimum atomic E-state index is -1.70. The minimum Gasteiger partial charge on any atom is -0.459 e. The van der Waals surface area contributed by atoms with Crippen molar-refractivity contribution in [1.29, 1.82) is 0 Å². The van der Waals surface area contributed by atoms with Gasteiger partial charge in [0.15, 0.2) is 6.29 Å². The summed E-state index contributed by atoms with van der Waals surface area (Å²) in [5, 5.41) is 38.7. The van der Waals surface area contributed by atoms with Gasteiger partial charge in [-0.15, -0.1) is 0 Å². The van der Waals surface area contributed by atoms with Crippen LogP contribution in [0.15, 0.2) is 60.2 Å². The summed E-state index contributed by atoms with van der Waals surface area (Å²) in [5.74, 6) is -3.28. The van der Waals surface area contributed by atoms with Gasteiger partial charge in [-0.05, 0) is 84.2 Å². The number of hydrogen-bond donors (Lipinski definition) is 4. The van der Waals surface area contributed by atoms with E-state index < -0.39 is 77.8 Å². The molecule has 4 rings (SSSR count). The highest BCUT2D eigenvalue weighted by Gasteiger charge is 2.52. The van der Waals surface area contributed by atoms with Gasteiger partial charge in [-0.3, -0.25) is 4.79 Å². The van der Waals surface area contributed by atoms with Crippen LogP contribution < -0.4 is 5.32 Å². The number of likely N-dealkylation sites (N-methyl/N-ethyl adjacent to an activating group) is 1. The van der Waals surface area contributed by atoms with Gasteiger partial charge in [0, 0.05) is 24.4 Å². The number of ether oxygens (including phenoxy) is 6. The van der Waals surface area contributed by atoms with Crippen molar-refractivity contribution in [3.8, 4) is 0 Å². The molecule has 58 heavy (non-hydrogen) atoms. The Hall–Kier alpha value is -3.14. The summed E-state index contributed by atoms with van der Waals surface area (Å²) in [6.07, 6.45) is -0.350. The van der Waals surface area contributed by atoms with E-state index in [0.717, 1.165) is 11.1 Å². The molecule has 13 heteroatoms. The molecule has 14 atom stereocenters. The van der Waals surface area contributed by atoms with Crippen molar-refractivity contribution >= 4 is 18.1 Å². The quantitative estimate of drug-likeness (QED) is 0.189. The van der Waals surface area contributed by atoms with Gasteiger partial charge in [-0.2, -0.15) is 0 Å². The molecule has 0 aromatic heterocycles. The molecule has 3 aliphatic heterocycles. The van der Waals surface area contributed by atoms with Crippen molar-refractivity contribution in [2.24, 2.45) is 23.7 Å². The topological polar surface area (TPSA) is 165 Å². The third kappa shape index (κ3) is 11.8. The Bertz CT molecular complexity index is 1570. The van der Waals surface area contributed by atoms with Gasteiger partial charge < -0.3 is 54.0 Å². The number of nitrogens with one attached hydrogen (secondary N) is 1. The summed E-state index contributed by atoms with van der Waals surface area (Å²) in [6.45, 7) is 19.1. The maximum absolute atomic E-state index is 13.9. The summed E-state index contributed by atoms with van der Waals surface area (Å²) in [5.41, 5.74) is -0.486. The van der Waals surface area contributed by atoms with Crippen LogP contribution in [0.5, 0.6) is 0 Å². The molecule has 4 N–H and O–H groups in total.